The number of carbonyl (C=O) groups excluding carboxylic acids is 2. The zero-order chi connectivity index (χ0) is 13.4. The largest absolute Gasteiger partial charge is 0.352 e. The first-order valence-electron chi connectivity index (χ1n) is 6.22. The summed E-state index contributed by atoms with van der Waals surface area (Å²) < 4.78 is 0.905. The number of carbonyl (C=O) groups is 2. The summed E-state index contributed by atoms with van der Waals surface area (Å²) in [6, 6.07) is 7.06. The first-order valence-corrected chi connectivity index (χ1v) is 7.01. The van der Waals surface area contributed by atoms with Gasteiger partial charge in [-0.3, -0.25) is 9.59 Å². The predicted octanol–water partition coefficient (Wildman–Crippen LogP) is 0.420. The molecule has 2 unspecified atom stereocenters. The predicted molar refractivity (Wildman–Crippen MR) is 73.4 cm³/mol. The van der Waals surface area contributed by atoms with Crippen LogP contribution in [0.1, 0.15) is 11.6 Å². The van der Waals surface area contributed by atoms with Crippen molar-refractivity contribution in [3.05, 3.63) is 34.3 Å². The Morgan fingerprint density at radius 2 is 2.11 bits per heavy atom. The third kappa shape index (κ3) is 2.26. The van der Waals surface area contributed by atoms with E-state index in [0.717, 1.165) is 16.6 Å². The van der Waals surface area contributed by atoms with E-state index in [1.54, 1.807) is 4.90 Å². The van der Waals surface area contributed by atoms with E-state index in [2.05, 4.69) is 26.6 Å². The molecule has 2 aliphatic rings. The van der Waals surface area contributed by atoms with Crippen LogP contribution in [0, 0.1) is 0 Å². The van der Waals surface area contributed by atoms with Gasteiger partial charge in [0.25, 0.3) is 0 Å². The minimum absolute atomic E-state index is 0.0175. The van der Waals surface area contributed by atoms with Crippen LogP contribution in [0.2, 0.25) is 0 Å². The van der Waals surface area contributed by atoms with E-state index >= 15 is 0 Å². The molecule has 1 aromatic rings. The third-order valence-electron chi connectivity index (χ3n) is 3.54. The van der Waals surface area contributed by atoms with Gasteiger partial charge in [-0.05, 0) is 17.7 Å². The molecule has 0 saturated carbocycles. The Bertz CT molecular complexity index is 534. The number of piperazine rings is 2. The fourth-order valence-corrected chi connectivity index (χ4v) is 3.11. The molecule has 0 aromatic heterocycles. The molecular formula is C13H14BrN3O2. The van der Waals surface area contributed by atoms with Crippen LogP contribution < -0.4 is 10.6 Å². The summed E-state index contributed by atoms with van der Waals surface area (Å²) in [5.41, 5.74) is 0.840. The molecule has 1 aromatic carbocycles. The highest BCUT2D eigenvalue weighted by atomic mass is 79.9. The summed E-state index contributed by atoms with van der Waals surface area (Å²) in [4.78, 5) is 26.0. The Kier molecular flexibility index (Phi) is 3.28. The quantitative estimate of drug-likeness (QED) is 0.787. The molecular weight excluding hydrogens is 310 g/mol. The molecule has 0 aliphatic carbocycles. The van der Waals surface area contributed by atoms with Gasteiger partial charge in [0.1, 0.15) is 6.04 Å². The van der Waals surface area contributed by atoms with Crippen molar-refractivity contribution >= 4 is 27.7 Å². The maximum atomic E-state index is 12.2. The van der Waals surface area contributed by atoms with E-state index in [1.165, 1.54) is 0 Å². The van der Waals surface area contributed by atoms with Gasteiger partial charge in [0.15, 0.2) is 0 Å². The van der Waals surface area contributed by atoms with E-state index in [4.69, 9.17) is 0 Å². The highest BCUT2D eigenvalue weighted by molar-refractivity contribution is 9.10. The van der Waals surface area contributed by atoms with Crippen molar-refractivity contribution in [1.82, 2.24) is 15.5 Å². The summed E-state index contributed by atoms with van der Waals surface area (Å²) in [5.74, 6) is -0.124. The normalized spacial score (nSPS) is 26.9. The van der Waals surface area contributed by atoms with Gasteiger partial charge in [-0.25, -0.2) is 0 Å². The fraction of sp³-hybridized carbons (Fsp3) is 0.385. The molecule has 2 amide bonds. The second-order valence-electron chi connectivity index (χ2n) is 4.79. The van der Waals surface area contributed by atoms with Crippen LogP contribution in [0.3, 0.4) is 0 Å². The number of nitrogens with zero attached hydrogens (tertiary/aromatic N) is 1. The number of hydrogen-bond acceptors (Lipinski definition) is 3. The van der Waals surface area contributed by atoms with E-state index in [9.17, 15) is 9.59 Å². The molecule has 2 aliphatic heterocycles. The molecule has 0 spiro atoms. The number of amides is 2. The Morgan fingerprint density at radius 1 is 1.26 bits per heavy atom. The number of benzene rings is 1. The minimum atomic E-state index is -0.522. The van der Waals surface area contributed by atoms with Gasteiger partial charge in [0.05, 0.1) is 12.6 Å². The van der Waals surface area contributed by atoms with Crippen LogP contribution >= 0.6 is 15.9 Å². The lowest BCUT2D eigenvalue weighted by Gasteiger charge is -2.44. The summed E-state index contributed by atoms with van der Waals surface area (Å²) >= 11 is 3.40. The molecule has 2 heterocycles. The van der Waals surface area contributed by atoms with E-state index in [-0.39, 0.29) is 17.9 Å². The molecule has 2 atom stereocenters. The second kappa shape index (κ2) is 4.94. The lowest BCUT2D eigenvalue weighted by Crippen LogP contribution is -2.65. The van der Waals surface area contributed by atoms with E-state index < -0.39 is 6.04 Å². The van der Waals surface area contributed by atoms with Crippen LogP contribution in [-0.2, 0) is 9.59 Å². The van der Waals surface area contributed by atoms with Crippen molar-refractivity contribution in [2.24, 2.45) is 0 Å². The SMILES string of the molecule is O=C1NCC2CNCC(=O)N2C1c1cccc(Br)c1. The Hall–Kier alpha value is -1.40. The average molecular weight is 324 g/mol. The standard InChI is InChI=1S/C13H14BrN3O2/c14-9-3-1-2-8(4-9)12-13(19)16-6-10-5-15-7-11(18)17(10)12/h1-4,10,12,15H,5-7H2,(H,16,19). The summed E-state index contributed by atoms with van der Waals surface area (Å²) in [5, 5.41) is 5.96. The van der Waals surface area contributed by atoms with Crippen molar-refractivity contribution < 1.29 is 9.59 Å². The summed E-state index contributed by atoms with van der Waals surface area (Å²) in [6.45, 7) is 1.53. The maximum Gasteiger partial charge on any atom is 0.247 e. The monoisotopic (exact) mass is 323 g/mol. The molecule has 19 heavy (non-hydrogen) atoms. The van der Waals surface area contributed by atoms with Crippen molar-refractivity contribution in [2.45, 2.75) is 12.1 Å². The number of nitrogens with one attached hydrogen (secondary N) is 2. The molecule has 6 heteroatoms. The lowest BCUT2D eigenvalue weighted by molar-refractivity contribution is -0.148. The van der Waals surface area contributed by atoms with Gasteiger partial charge in [-0.1, -0.05) is 28.1 Å². The molecule has 2 N–H and O–H groups in total. The van der Waals surface area contributed by atoms with Crippen molar-refractivity contribution in [2.75, 3.05) is 19.6 Å². The van der Waals surface area contributed by atoms with Crippen LogP contribution in [-0.4, -0.2) is 42.4 Å². The number of halogens is 1. The highest BCUT2D eigenvalue weighted by Crippen LogP contribution is 2.29. The zero-order valence-corrected chi connectivity index (χ0v) is 11.8. The first kappa shape index (κ1) is 12.6. The topological polar surface area (TPSA) is 61.4 Å². The van der Waals surface area contributed by atoms with Crippen LogP contribution in [0.5, 0.6) is 0 Å². The highest BCUT2D eigenvalue weighted by Gasteiger charge is 2.41. The molecule has 100 valence electrons. The van der Waals surface area contributed by atoms with Crippen molar-refractivity contribution in [3.8, 4) is 0 Å². The third-order valence-corrected chi connectivity index (χ3v) is 4.03. The number of hydrogen-bond donors (Lipinski definition) is 2. The number of rotatable bonds is 1. The Labute approximate surface area is 119 Å². The summed E-state index contributed by atoms with van der Waals surface area (Å²) in [6.07, 6.45) is 0. The zero-order valence-electron chi connectivity index (χ0n) is 10.2. The van der Waals surface area contributed by atoms with Crippen LogP contribution in [0.4, 0.5) is 0 Å². The van der Waals surface area contributed by atoms with Gasteiger partial charge in [0.2, 0.25) is 11.8 Å². The molecule has 5 nitrogen and oxygen atoms in total. The number of fused-ring (bicyclic) bond motifs is 1. The molecule has 2 fully saturated rings. The average Bonchev–Trinajstić information content (AvgIpc) is 2.39. The molecule has 0 bridgehead atoms. The Morgan fingerprint density at radius 3 is 2.89 bits per heavy atom. The van der Waals surface area contributed by atoms with Crippen LogP contribution in [0.25, 0.3) is 0 Å². The summed E-state index contributed by atoms with van der Waals surface area (Å²) in [7, 11) is 0. The smallest absolute Gasteiger partial charge is 0.247 e. The van der Waals surface area contributed by atoms with Gasteiger partial charge in [-0.2, -0.15) is 0 Å². The molecule has 2 saturated heterocycles. The first-order chi connectivity index (χ1) is 9.16. The lowest BCUT2D eigenvalue weighted by atomic mass is 9.97. The van der Waals surface area contributed by atoms with Crippen molar-refractivity contribution in [1.29, 1.82) is 0 Å². The van der Waals surface area contributed by atoms with Gasteiger partial charge in [-0.15, -0.1) is 0 Å². The fourth-order valence-electron chi connectivity index (χ4n) is 2.69. The van der Waals surface area contributed by atoms with Gasteiger partial charge < -0.3 is 15.5 Å². The van der Waals surface area contributed by atoms with E-state index in [0.29, 0.717) is 13.1 Å². The molecule has 3 rings (SSSR count). The van der Waals surface area contributed by atoms with E-state index in [1.807, 2.05) is 24.3 Å². The van der Waals surface area contributed by atoms with Crippen LogP contribution in [0.15, 0.2) is 28.7 Å². The Balaban J connectivity index is 2.00. The van der Waals surface area contributed by atoms with Gasteiger partial charge in [0, 0.05) is 17.6 Å². The minimum Gasteiger partial charge on any atom is -0.352 e. The molecule has 0 radical (unpaired) electrons. The van der Waals surface area contributed by atoms with Crippen molar-refractivity contribution in [3.63, 3.8) is 0 Å². The van der Waals surface area contributed by atoms with Gasteiger partial charge >= 0.3 is 0 Å². The second-order valence-corrected chi connectivity index (χ2v) is 5.70. The maximum absolute atomic E-state index is 12.2.